The normalized spacial score (nSPS) is 18.3. The molecule has 1 fully saturated rings. The summed E-state index contributed by atoms with van der Waals surface area (Å²) in [6.07, 6.45) is 1.55. The summed E-state index contributed by atoms with van der Waals surface area (Å²) in [5, 5.41) is 0. The van der Waals surface area contributed by atoms with E-state index in [1.165, 1.54) is 10.4 Å². The van der Waals surface area contributed by atoms with Crippen molar-refractivity contribution in [2.45, 2.75) is 19.4 Å². The van der Waals surface area contributed by atoms with Gasteiger partial charge in [-0.3, -0.25) is 0 Å². The topological polar surface area (TPSA) is 75.4 Å². The summed E-state index contributed by atoms with van der Waals surface area (Å²) in [5.74, 6) is -0.00921. The molecule has 0 aliphatic carbocycles. The van der Waals surface area contributed by atoms with Gasteiger partial charge in [0, 0.05) is 25.2 Å². The van der Waals surface area contributed by atoms with Crippen molar-refractivity contribution in [1.29, 1.82) is 0 Å². The van der Waals surface area contributed by atoms with Crippen LogP contribution in [0, 0.1) is 11.7 Å². The molecule has 0 radical (unpaired) electrons. The average molecular weight is 301 g/mol. The third kappa shape index (κ3) is 3.76. The molecule has 112 valence electrons. The second-order valence-corrected chi connectivity index (χ2v) is 6.75. The zero-order chi connectivity index (χ0) is 14.6. The summed E-state index contributed by atoms with van der Waals surface area (Å²) in [6.45, 7) is 1.49. The lowest BCUT2D eigenvalue weighted by atomic mass is 9.99. The minimum atomic E-state index is -3.55. The molecule has 0 bridgehead atoms. The molecular weight excluding hydrogens is 281 g/mol. The van der Waals surface area contributed by atoms with E-state index in [-0.39, 0.29) is 6.54 Å². The van der Waals surface area contributed by atoms with Crippen LogP contribution in [0.2, 0.25) is 0 Å². The molecule has 0 saturated carbocycles. The monoisotopic (exact) mass is 301 g/mol. The molecule has 1 aliphatic rings. The Balaban J connectivity index is 1.93. The minimum Gasteiger partial charge on any atom is -0.330 e. The molecule has 0 spiro atoms. The summed E-state index contributed by atoms with van der Waals surface area (Å²) in [7, 11) is -3.55. The Morgan fingerprint density at radius 2 is 1.95 bits per heavy atom. The van der Waals surface area contributed by atoms with Crippen molar-refractivity contribution < 1.29 is 12.8 Å². The van der Waals surface area contributed by atoms with E-state index in [2.05, 4.69) is 4.72 Å². The van der Waals surface area contributed by atoms with Crippen LogP contribution in [0.25, 0.3) is 0 Å². The van der Waals surface area contributed by atoms with Crippen LogP contribution >= 0.6 is 0 Å². The number of benzene rings is 1. The van der Waals surface area contributed by atoms with E-state index in [9.17, 15) is 12.8 Å². The van der Waals surface area contributed by atoms with Gasteiger partial charge in [-0.2, -0.15) is 17.4 Å². The fourth-order valence-corrected chi connectivity index (χ4v) is 3.50. The number of rotatable bonds is 5. The number of piperidine rings is 1. The van der Waals surface area contributed by atoms with Crippen LogP contribution in [0.15, 0.2) is 24.3 Å². The van der Waals surface area contributed by atoms with Gasteiger partial charge in [-0.25, -0.2) is 4.39 Å². The third-order valence-corrected chi connectivity index (χ3v) is 5.20. The Morgan fingerprint density at radius 1 is 1.30 bits per heavy atom. The van der Waals surface area contributed by atoms with Crippen molar-refractivity contribution in [2.24, 2.45) is 11.7 Å². The molecule has 1 heterocycles. The molecular formula is C13H20FN3O2S. The molecule has 1 aromatic carbocycles. The molecule has 1 aromatic rings. The number of nitrogens with one attached hydrogen (secondary N) is 1. The van der Waals surface area contributed by atoms with Gasteiger partial charge in [0.15, 0.2) is 0 Å². The van der Waals surface area contributed by atoms with E-state index < -0.39 is 16.0 Å². The fourth-order valence-electron chi connectivity index (χ4n) is 2.29. The van der Waals surface area contributed by atoms with Crippen LogP contribution in [-0.2, 0) is 16.8 Å². The molecule has 0 amide bonds. The Hall–Kier alpha value is -1.02. The fraction of sp³-hybridized carbons (Fsp3) is 0.538. The summed E-state index contributed by atoms with van der Waals surface area (Å²) in [4.78, 5) is 0. The molecule has 1 saturated heterocycles. The maximum Gasteiger partial charge on any atom is 0.279 e. The number of hydrogen-bond acceptors (Lipinski definition) is 3. The predicted octanol–water partition coefficient (Wildman–Crippen LogP) is 0.831. The van der Waals surface area contributed by atoms with Gasteiger partial charge >= 0.3 is 0 Å². The van der Waals surface area contributed by atoms with Crippen LogP contribution < -0.4 is 10.5 Å². The van der Waals surface area contributed by atoms with Crippen molar-refractivity contribution >= 4 is 10.2 Å². The minimum absolute atomic E-state index is 0.0359. The van der Waals surface area contributed by atoms with E-state index in [0.29, 0.717) is 31.1 Å². The summed E-state index contributed by atoms with van der Waals surface area (Å²) >= 11 is 0. The van der Waals surface area contributed by atoms with Gasteiger partial charge in [-0.05, 0) is 31.4 Å². The van der Waals surface area contributed by atoms with Gasteiger partial charge in [0.1, 0.15) is 5.82 Å². The van der Waals surface area contributed by atoms with E-state index in [0.717, 1.165) is 12.8 Å². The van der Waals surface area contributed by atoms with Crippen LogP contribution in [0.4, 0.5) is 4.39 Å². The molecule has 0 unspecified atom stereocenters. The second kappa shape index (κ2) is 6.62. The van der Waals surface area contributed by atoms with Gasteiger partial charge in [-0.15, -0.1) is 0 Å². The Morgan fingerprint density at radius 3 is 2.55 bits per heavy atom. The molecule has 0 atom stereocenters. The van der Waals surface area contributed by atoms with Crippen molar-refractivity contribution in [3.8, 4) is 0 Å². The largest absolute Gasteiger partial charge is 0.330 e. The molecule has 3 N–H and O–H groups in total. The first-order valence-corrected chi connectivity index (χ1v) is 8.15. The van der Waals surface area contributed by atoms with Crippen molar-refractivity contribution in [2.75, 3.05) is 19.6 Å². The average Bonchev–Trinajstić information content (AvgIpc) is 2.46. The molecule has 1 aliphatic heterocycles. The van der Waals surface area contributed by atoms with Gasteiger partial charge in [0.2, 0.25) is 0 Å². The maximum atomic E-state index is 13.4. The van der Waals surface area contributed by atoms with Gasteiger partial charge in [0.05, 0.1) is 0 Å². The number of nitrogens with two attached hydrogens (primary N) is 1. The zero-order valence-electron chi connectivity index (χ0n) is 11.3. The van der Waals surface area contributed by atoms with Crippen molar-refractivity contribution in [3.63, 3.8) is 0 Å². The lowest BCUT2D eigenvalue weighted by molar-refractivity contribution is 0.275. The first kappa shape index (κ1) is 15.4. The van der Waals surface area contributed by atoms with Gasteiger partial charge in [0.25, 0.3) is 10.2 Å². The summed E-state index contributed by atoms with van der Waals surface area (Å²) < 4.78 is 41.5. The smallest absolute Gasteiger partial charge is 0.279 e. The lowest BCUT2D eigenvalue weighted by Crippen LogP contribution is -2.45. The highest BCUT2D eigenvalue weighted by Gasteiger charge is 2.27. The first-order chi connectivity index (χ1) is 9.53. The highest BCUT2D eigenvalue weighted by Crippen LogP contribution is 2.18. The van der Waals surface area contributed by atoms with E-state index in [4.69, 9.17) is 5.73 Å². The summed E-state index contributed by atoms with van der Waals surface area (Å²) in [5.41, 5.74) is 5.92. The van der Waals surface area contributed by atoms with E-state index in [1.54, 1.807) is 18.2 Å². The van der Waals surface area contributed by atoms with Gasteiger partial charge < -0.3 is 5.73 Å². The van der Waals surface area contributed by atoms with Crippen molar-refractivity contribution in [3.05, 3.63) is 35.6 Å². The summed E-state index contributed by atoms with van der Waals surface area (Å²) in [6, 6.07) is 6.14. The van der Waals surface area contributed by atoms with Crippen LogP contribution in [-0.4, -0.2) is 32.4 Å². The van der Waals surface area contributed by atoms with Crippen LogP contribution in [0.5, 0.6) is 0 Å². The zero-order valence-corrected chi connectivity index (χ0v) is 12.1. The highest BCUT2D eigenvalue weighted by molar-refractivity contribution is 7.87. The standard InChI is InChI=1S/C13H20FN3O2S/c14-13-4-2-1-3-12(13)10-16-20(18,19)17-7-5-11(9-15)6-8-17/h1-4,11,16H,5-10,15H2. The van der Waals surface area contributed by atoms with Crippen molar-refractivity contribution in [1.82, 2.24) is 9.03 Å². The van der Waals surface area contributed by atoms with Crippen LogP contribution in [0.3, 0.4) is 0 Å². The maximum absolute atomic E-state index is 13.4. The number of nitrogens with zero attached hydrogens (tertiary/aromatic N) is 1. The van der Waals surface area contributed by atoms with Gasteiger partial charge in [-0.1, -0.05) is 18.2 Å². The molecule has 2 rings (SSSR count). The van der Waals surface area contributed by atoms with Crippen LogP contribution in [0.1, 0.15) is 18.4 Å². The molecule has 5 nitrogen and oxygen atoms in total. The number of halogens is 1. The number of hydrogen-bond donors (Lipinski definition) is 2. The third-order valence-electron chi connectivity index (χ3n) is 3.65. The predicted molar refractivity (Wildman–Crippen MR) is 75.5 cm³/mol. The Labute approximate surface area is 119 Å². The SMILES string of the molecule is NCC1CCN(S(=O)(=O)NCc2ccccc2F)CC1. The first-order valence-electron chi connectivity index (χ1n) is 6.71. The second-order valence-electron chi connectivity index (χ2n) is 5.00. The van der Waals surface area contributed by atoms with E-state index in [1.807, 2.05) is 0 Å². The Kier molecular flexibility index (Phi) is 5.09. The Bertz CT molecular complexity index is 542. The molecule has 7 heteroatoms. The highest BCUT2D eigenvalue weighted by atomic mass is 32.2. The molecule has 0 aromatic heterocycles. The quantitative estimate of drug-likeness (QED) is 0.846. The van der Waals surface area contributed by atoms with E-state index >= 15 is 0 Å². The molecule has 20 heavy (non-hydrogen) atoms. The lowest BCUT2D eigenvalue weighted by Gasteiger charge is -2.30.